The van der Waals surface area contributed by atoms with Crippen molar-refractivity contribution in [3.8, 4) is 0 Å². The van der Waals surface area contributed by atoms with Gasteiger partial charge < -0.3 is 0 Å². The molecule has 1 aromatic rings. The molecule has 0 amide bonds. The molecule has 0 bridgehead atoms. The molecule has 0 aliphatic heterocycles. The minimum atomic E-state index is -3.82. The van der Waals surface area contributed by atoms with Crippen LogP contribution in [0.1, 0.15) is 26.3 Å². The van der Waals surface area contributed by atoms with Crippen molar-refractivity contribution >= 4 is 9.84 Å². The largest absolute Gasteiger partial charge is 0.305 e. The normalized spacial score (nSPS) is 12.4. The second-order valence-corrected chi connectivity index (χ2v) is 6.81. The summed E-state index contributed by atoms with van der Waals surface area (Å²) in [7, 11) is -3.82. The second kappa shape index (κ2) is 4.44. The lowest BCUT2D eigenvalue weighted by Crippen LogP contribution is -2.15. The molecule has 1 aromatic carbocycles. The van der Waals surface area contributed by atoms with E-state index in [9.17, 15) is 18.5 Å². The summed E-state index contributed by atoms with van der Waals surface area (Å²) in [6.07, 6.45) is 0. The number of rotatable bonds is 3. The van der Waals surface area contributed by atoms with Crippen LogP contribution in [0.15, 0.2) is 29.2 Å². The summed E-state index contributed by atoms with van der Waals surface area (Å²) < 4.78 is 23.1. The number of nitrogens with zero attached hydrogens (tertiary/aromatic N) is 1. The van der Waals surface area contributed by atoms with E-state index < -0.39 is 20.6 Å². The Morgan fingerprint density at radius 2 is 1.65 bits per heavy atom. The molecule has 0 radical (unpaired) electrons. The molecule has 1 rings (SSSR count). The molecular formula is C11H15NO4S. The van der Waals surface area contributed by atoms with Gasteiger partial charge in [-0.3, -0.25) is 10.1 Å². The predicted molar refractivity (Wildman–Crippen MR) is 64.2 cm³/mol. The zero-order valence-corrected chi connectivity index (χ0v) is 10.8. The van der Waals surface area contributed by atoms with Gasteiger partial charge in [0, 0.05) is 4.92 Å². The van der Waals surface area contributed by atoms with Crippen LogP contribution in [0.25, 0.3) is 0 Å². The third kappa shape index (κ3) is 3.52. The van der Waals surface area contributed by atoms with E-state index in [0.29, 0.717) is 0 Å². The summed E-state index contributed by atoms with van der Waals surface area (Å²) in [6.45, 7) is 6.02. The number of benzene rings is 1. The summed E-state index contributed by atoms with van der Waals surface area (Å²) in [5.74, 6) is -1.07. The Hall–Kier alpha value is -1.43. The summed E-state index contributed by atoms with van der Waals surface area (Å²) in [4.78, 5) is 9.39. The van der Waals surface area contributed by atoms with Crippen molar-refractivity contribution in [1.82, 2.24) is 0 Å². The Morgan fingerprint density at radius 3 is 2.00 bits per heavy atom. The Morgan fingerprint density at radius 1 is 1.18 bits per heavy atom. The molecule has 0 spiro atoms. The van der Waals surface area contributed by atoms with E-state index in [-0.39, 0.29) is 10.3 Å². The molecule has 0 aliphatic rings. The van der Waals surface area contributed by atoms with Crippen LogP contribution in [-0.4, -0.2) is 19.2 Å². The van der Waals surface area contributed by atoms with E-state index in [1.165, 1.54) is 12.1 Å². The zero-order valence-electron chi connectivity index (χ0n) is 10.0. The summed E-state index contributed by atoms with van der Waals surface area (Å²) in [5.41, 5.74) is 0.906. The van der Waals surface area contributed by atoms with E-state index in [4.69, 9.17) is 0 Å². The number of hydrogen-bond acceptors (Lipinski definition) is 4. The van der Waals surface area contributed by atoms with Gasteiger partial charge in [0.25, 0.3) is 0 Å². The molecule has 0 N–H and O–H groups in total. The van der Waals surface area contributed by atoms with Gasteiger partial charge in [-0.1, -0.05) is 32.9 Å². The predicted octanol–water partition coefficient (Wildman–Crippen LogP) is 1.99. The first-order valence-corrected chi connectivity index (χ1v) is 6.73. The van der Waals surface area contributed by atoms with Gasteiger partial charge in [-0.25, -0.2) is 8.42 Å². The van der Waals surface area contributed by atoms with Gasteiger partial charge in [0.1, 0.15) is 0 Å². The van der Waals surface area contributed by atoms with Crippen molar-refractivity contribution < 1.29 is 13.3 Å². The topological polar surface area (TPSA) is 77.3 Å². The molecule has 94 valence electrons. The average Bonchev–Trinajstić information content (AvgIpc) is 2.14. The number of nitro groups is 1. The second-order valence-electron chi connectivity index (χ2n) is 4.85. The van der Waals surface area contributed by atoms with Crippen molar-refractivity contribution in [2.24, 2.45) is 0 Å². The van der Waals surface area contributed by atoms with Gasteiger partial charge in [-0.2, -0.15) is 0 Å². The SMILES string of the molecule is CC(C)(C)c1ccc(S(=O)(=O)C[N+](=O)[O-])cc1. The van der Waals surface area contributed by atoms with Crippen LogP contribution in [0.3, 0.4) is 0 Å². The number of hydrogen-bond donors (Lipinski definition) is 0. The van der Waals surface area contributed by atoms with E-state index >= 15 is 0 Å². The zero-order chi connectivity index (χ0) is 13.3. The van der Waals surface area contributed by atoms with Crippen LogP contribution in [0, 0.1) is 10.1 Å². The molecule has 0 aromatic heterocycles. The van der Waals surface area contributed by atoms with E-state index in [2.05, 4.69) is 0 Å². The van der Waals surface area contributed by atoms with Crippen molar-refractivity contribution in [1.29, 1.82) is 0 Å². The van der Waals surface area contributed by atoms with Gasteiger partial charge >= 0.3 is 5.88 Å². The molecule has 0 saturated heterocycles. The summed E-state index contributed by atoms with van der Waals surface area (Å²) in [5, 5.41) is 10.2. The Labute approximate surface area is 101 Å². The third-order valence-electron chi connectivity index (χ3n) is 2.35. The van der Waals surface area contributed by atoms with E-state index in [0.717, 1.165) is 5.56 Å². The van der Waals surface area contributed by atoms with Crippen LogP contribution < -0.4 is 0 Å². The third-order valence-corrected chi connectivity index (χ3v) is 3.90. The van der Waals surface area contributed by atoms with Crippen LogP contribution >= 0.6 is 0 Å². The van der Waals surface area contributed by atoms with Gasteiger partial charge in [-0.15, -0.1) is 0 Å². The fraction of sp³-hybridized carbons (Fsp3) is 0.455. The molecule has 0 aliphatic carbocycles. The lowest BCUT2D eigenvalue weighted by atomic mass is 9.87. The molecular weight excluding hydrogens is 242 g/mol. The van der Waals surface area contributed by atoms with Crippen LogP contribution in [0.2, 0.25) is 0 Å². The van der Waals surface area contributed by atoms with E-state index in [1.807, 2.05) is 20.8 Å². The van der Waals surface area contributed by atoms with Crippen molar-refractivity contribution in [3.63, 3.8) is 0 Å². The summed E-state index contributed by atoms with van der Waals surface area (Å²) in [6, 6.07) is 6.21. The van der Waals surface area contributed by atoms with Crippen LogP contribution in [0.4, 0.5) is 0 Å². The van der Waals surface area contributed by atoms with Crippen molar-refractivity contribution in [2.45, 2.75) is 31.1 Å². The lowest BCUT2D eigenvalue weighted by molar-refractivity contribution is -0.458. The molecule has 17 heavy (non-hydrogen) atoms. The maximum atomic E-state index is 11.6. The maximum Gasteiger partial charge on any atom is 0.305 e. The van der Waals surface area contributed by atoms with E-state index in [1.54, 1.807) is 12.1 Å². The summed E-state index contributed by atoms with van der Waals surface area (Å²) >= 11 is 0. The quantitative estimate of drug-likeness (QED) is 0.613. The van der Waals surface area contributed by atoms with Crippen molar-refractivity contribution in [2.75, 3.05) is 5.88 Å². The molecule has 0 heterocycles. The molecule has 0 unspecified atom stereocenters. The number of sulfone groups is 1. The highest BCUT2D eigenvalue weighted by Crippen LogP contribution is 2.23. The highest BCUT2D eigenvalue weighted by Gasteiger charge is 2.22. The van der Waals surface area contributed by atoms with Crippen LogP contribution in [-0.2, 0) is 15.3 Å². The standard InChI is InChI=1S/C11H15NO4S/c1-11(2,3)9-4-6-10(7-5-9)17(15,16)8-12(13)14/h4-7H,8H2,1-3H3. The molecule has 0 saturated carbocycles. The average molecular weight is 257 g/mol. The van der Waals surface area contributed by atoms with Gasteiger partial charge in [0.2, 0.25) is 9.84 Å². The lowest BCUT2D eigenvalue weighted by Gasteiger charge is -2.18. The molecule has 5 nitrogen and oxygen atoms in total. The maximum absolute atomic E-state index is 11.6. The first kappa shape index (κ1) is 13.6. The minimum absolute atomic E-state index is 0.0119. The van der Waals surface area contributed by atoms with Gasteiger partial charge in [0.05, 0.1) is 4.90 Å². The first-order chi connectivity index (χ1) is 7.63. The van der Waals surface area contributed by atoms with Gasteiger partial charge in [0.15, 0.2) is 0 Å². The monoisotopic (exact) mass is 257 g/mol. The molecule has 0 atom stereocenters. The molecule has 6 heteroatoms. The Kier molecular flexibility index (Phi) is 3.56. The minimum Gasteiger partial charge on any atom is -0.263 e. The highest BCUT2D eigenvalue weighted by molar-refractivity contribution is 7.91. The smallest absolute Gasteiger partial charge is 0.263 e. The van der Waals surface area contributed by atoms with Crippen molar-refractivity contribution in [3.05, 3.63) is 39.9 Å². The fourth-order valence-corrected chi connectivity index (χ4v) is 2.35. The highest BCUT2D eigenvalue weighted by atomic mass is 32.2. The Balaban J connectivity index is 3.08. The fourth-order valence-electron chi connectivity index (χ4n) is 1.38. The Bertz CT molecular complexity index is 511. The first-order valence-electron chi connectivity index (χ1n) is 5.08. The molecule has 0 fully saturated rings. The van der Waals surface area contributed by atoms with Gasteiger partial charge in [-0.05, 0) is 23.1 Å². The van der Waals surface area contributed by atoms with Crippen LogP contribution in [0.5, 0.6) is 0 Å².